The molecule has 0 aliphatic rings. The van der Waals surface area contributed by atoms with Crippen LogP contribution >= 0.6 is 0 Å². The Balaban J connectivity index is 0.000000182. The number of pyridine rings is 2. The van der Waals surface area contributed by atoms with E-state index in [4.69, 9.17) is 9.40 Å². The number of nitrogens with zero attached hydrogens (tertiary/aromatic N) is 2. The molecule has 0 fully saturated rings. The molecule has 0 bridgehead atoms. The zero-order chi connectivity index (χ0) is 34.9. The van der Waals surface area contributed by atoms with Crippen molar-refractivity contribution in [3.8, 4) is 33.6 Å². The van der Waals surface area contributed by atoms with Crippen LogP contribution in [0.1, 0.15) is 26.3 Å². The van der Waals surface area contributed by atoms with E-state index in [1.54, 1.807) is 0 Å². The molecule has 3 heterocycles. The molecular formula is C46H42IrN2OSi-2. The average Bonchev–Trinajstić information content (AvgIpc) is 3.50. The number of rotatable bonds is 5. The summed E-state index contributed by atoms with van der Waals surface area (Å²) in [5.41, 5.74) is 9.59. The van der Waals surface area contributed by atoms with Crippen molar-refractivity contribution >= 4 is 46.0 Å². The Kier molecular flexibility index (Phi) is 10.6. The Bertz CT molecular complexity index is 2420. The SMILES string of the molecule is CC(C)(C)Cc1cc(-c2[c-]cccc2)ncc1[Si](C)(C)C.[Ir].[c-]1ccc2c(oc3c(-c4ccccc4)cccc32)c1-c1cc2ccccc2cn1. The Morgan fingerprint density at radius 3 is 2.08 bits per heavy atom. The Hall–Kier alpha value is -4.67. The number of fused-ring (bicyclic) bond motifs is 4. The van der Waals surface area contributed by atoms with Gasteiger partial charge in [0.15, 0.2) is 0 Å². The first-order valence-electron chi connectivity index (χ1n) is 17.3. The number of aromatic nitrogens is 2. The second kappa shape index (κ2) is 14.9. The van der Waals surface area contributed by atoms with Crippen molar-refractivity contribution in [2.24, 2.45) is 5.41 Å². The van der Waals surface area contributed by atoms with Crippen molar-refractivity contribution in [3.63, 3.8) is 0 Å². The molecule has 0 unspecified atom stereocenters. The summed E-state index contributed by atoms with van der Waals surface area (Å²) < 4.78 is 6.46. The van der Waals surface area contributed by atoms with E-state index in [9.17, 15) is 0 Å². The number of hydrogen-bond acceptors (Lipinski definition) is 3. The van der Waals surface area contributed by atoms with Crippen molar-refractivity contribution in [2.45, 2.75) is 46.8 Å². The van der Waals surface area contributed by atoms with Crippen molar-refractivity contribution < 1.29 is 24.5 Å². The van der Waals surface area contributed by atoms with Gasteiger partial charge in [0.05, 0.1) is 13.7 Å². The van der Waals surface area contributed by atoms with E-state index in [1.165, 1.54) is 10.8 Å². The molecule has 8 aromatic rings. The van der Waals surface area contributed by atoms with E-state index in [0.717, 1.165) is 72.8 Å². The minimum atomic E-state index is -1.37. The minimum Gasteiger partial charge on any atom is -0.500 e. The molecule has 1 radical (unpaired) electrons. The molecule has 0 saturated heterocycles. The standard InChI is InChI=1S/C27H16NO.C19H26NSi.Ir/c1-2-8-18(9-3-1)21-12-6-13-22-23-14-7-15-24(27(23)29-26(21)22)25-16-19-10-4-5-11-20(19)17-28-25;1-19(2,3)13-16-12-17(15-10-8-7-9-11-15)20-14-18(16)21(4,5)6;/h1-14,16-17H;7-10,12,14H,13H2,1-6H3;/q2*-1;. The number of benzene rings is 5. The van der Waals surface area contributed by atoms with Crippen LogP contribution in [-0.4, -0.2) is 18.0 Å². The smallest absolute Gasteiger partial charge is 0.128 e. The zero-order valence-corrected chi connectivity index (χ0v) is 33.4. The first kappa shape index (κ1) is 36.1. The molecular weight excluding hydrogens is 817 g/mol. The van der Waals surface area contributed by atoms with Crippen LogP contribution in [0.15, 0.2) is 138 Å². The monoisotopic (exact) mass is 859 g/mol. The first-order valence-corrected chi connectivity index (χ1v) is 20.8. The first-order chi connectivity index (χ1) is 24.0. The van der Waals surface area contributed by atoms with Gasteiger partial charge in [0.2, 0.25) is 0 Å². The molecule has 51 heavy (non-hydrogen) atoms. The van der Waals surface area contributed by atoms with Gasteiger partial charge in [-0.3, -0.25) is 0 Å². The normalized spacial score (nSPS) is 11.6. The third kappa shape index (κ3) is 7.97. The molecule has 0 aliphatic carbocycles. The molecule has 0 saturated carbocycles. The Labute approximate surface area is 316 Å². The fraction of sp³-hybridized carbons (Fsp3) is 0.174. The summed E-state index contributed by atoms with van der Waals surface area (Å²) in [5.74, 6) is 0. The Morgan fingerprint density at radius 2 is 1.35 bits per heavy atom. The van der Waals surface area contributed by atoms with Gasteiger partial charge in [-0.1, -0.05) is 142 Å². The summed E-state index contributed by atoms with van der Waals surface area (Å²) in [5, 5.41) is 5.96. The molecule has 0 amide bonds. The van der Waals surface area contributed by atoms with E-state index < -0.39 is 8.07 Å². The number of para-hydroxylation sites is 1. The molecule has 0 spiro atoms. The maximum absolute atomic E-state index is 6.46. The van der Waals surface area contributed by atoms with Gasteiger partial charge < -0.3 is 14.4 Å². The van der Waals surface area contributed by atoms with Crippen molar-refractivity contribution in [3.05, 3.63) is 151 Å². The van der Waals surface area contributed by atoms with Gasteiger partial charge in [-0.05, 0) is 44.7 Å². The fourth-order valence-electron chi connectivity index (χ4n) is 6.61. The summed E-state index contributed by atoms with van der Waals surface area (Å²) in [6.45, 7) is 14.1. The van der Waals surface area contributed by atoms with Crippen LogP contribution < -0.4 is 5.19 Å². The van der Waals surface area contributed by atoms with Crippen molar-refractivity contribution in [1.29, 1.82) is 0 Å². The van der Waals surface area contributed by atoms with Gasteiger partial charge in [-0.2, -0.15) is 0 Å². The van der Waals surface area contributed by atoms with E-state index >= 15 is 0 Å². The van der Waals surface area contributed by atoms with Crippen LogP contribution in [0.5, 0.6) is 0 Å². The van der Waals surface area contributed by atoms with Crippen LogP contribution in [-0.2, 0) is 26.5 Å². The van der Waals surface area contributed by atoms with Gasteiger partial charge in [-0.25, -0.2) is 0 Å². The largest absolute Gasteiger partial charge is 0.500 e. The summed E-state index contributed by atoms with van der Waals surface area (Å²) in [7, 11) is -1.37. The predicted octanol–water partition coefficient (Wildman–Crippen LogP) is 11.9. The van der Waals surface area contributed by atoms with E-state index in [0.29, 0.717) is 0 Å². The van der Waals surface area contributed by atoms with Crippen LogP contribution in [0, 0.1) is 17.5 Å². The molecule has 0 atom stereocenters. The van der Waals surface area contributed by atoms with Crippen molar-refractivity contribution in [1.82, 2.24) is 9.97 Å². The van der Waals surface area contributed by atoms with E-state index in [2.05, 4.69) is 143 Å². The molecule has 0 N–H and O–H groups in total. The maximum atomic E-state index is 6.46. The van der Waals surface area contributed by atoms with Crippen LogP contribution in [0.4, 0.5) is 0 Å². The molecule has 0 aliphatic heterocycles. The third-order valence-corrected chi connectivity index (χ3v) is 11.0. The molecule has 5 heteroatoms. The third-order valence-electron chi connectivity index (χ3n) is 8.93. The molecule has 5 aromatic carbocycles. The van der Waals surface area contributed by atoms with E-state index in [1.807, 2.05) is 48.7 Å². The molecule has 3 aromatic heterocycles. The van der Waals surface area contributed by atoms with Crippen molar-refractivity contribution in [2.75, 3.05) is 0 Å². The van der Waals surface area contributed by atoms with Gasteiger partial charge in [0.1, 0.15) is 5.58 Å². The summed E-state index contributed by atoms with van der Waals surface area (Å²) in [4.78, 5) is 9.40. The van der Waals surface area contributed by atoms with Crippen LogP contribution in [0.3, 0.4) is 0 Å². The van der Waals surface area contributed by atoms with Gasteiger partial charge in [-0.15, -0.1) is 54.1 Å². The average molecular weight is 859 g/mol. The summed E-state index contributed by atoms with van der Waals surface area (Å²) >= 11 is 0. The quantitative estimate of drug-likeness (QED) is 0.128. The zero-order valence-electron chi connectivity index (χ0n) is 30.0. The second-order valence-corrected chi connectivity index (χ2v) is 20.2. The maximum Gasteiger partial charge on any atom is 0.128 e. The Morgan fingerprint density at radius 1 is 0.647 bits per heavy atom. The van der Waals surface area contributed by atoms with E-state index in [-0.39, 0.29) is 25.5 Å². The predicted molar refractivity (Wildman–Crippen MR) is 213 cm³/mol. The number of hydrogen-bond donors (Lipinski definition) is 0. The minimum absolute atomic E-state index is 0. The molecule has 257 valence electrons. The topological polar surface area (TPSA) is 38.9 Å². The number of furan rings is 1. The molecule has 8 rings (SSSR count). The van der Waals surface area contributed by atoms with Gasteiger partial charge in [0, 0.05) is 43.4 Å². The molecule has 3 nitrogen and oxygen atoms in total. The van der Waals surface area contributed by atoms with Crippen LogP contribution in [0.2, 0.25) is 19.6 Å². The second-order valence-electron chi connectivity index (χ2n) is 15.2. The summed E-state index contributed by atoms with van der Waals surface area (Å²) in [6.07, 6.45) is 5.12. The van der Waals surface area contributed by atoms with Crippen LogP contribution in [0.25, 0.3) is 66.4 Å². The fourth-order valence-corrected chi connectivity index (χ4v) is 8.18. The van der Waals surface area contributed by atoms with Gasteiger partial charge in [0.25, 0.3) is 0 Å². The summed E-state index contributed by atoms with van der Waals surface area (Å²) in [6, 6.07) is 48.0. The van der Waals surface area contributed by atoms with Gasteiger partial charge >= 0.3 is 0 Å².